The second kappa shape index (κ2) is 4.30. The average Bonchev–Trinajstić information content (AvgIpc) is 2.69. The number of nitrogen functional groups attached to an aromatic ring is 1. The zero-order chi connectivity index (χ0) is 11.0. The summed E-state index contributed by atoms with van der Waals surface area (Å²) in [7, 11) is 0. The highest BCUT2D eigenvalue weighted by atomic mass is 32.2. The fraction of sp³-hybridized carbons (Fsp3) is 0.727. The number of thioether (sulfide) groups is 1. The molecule has 3 rings (SSSR count). The summed E-state index contributed by atoms with van der Waals surface area (Å²) in [6.07, 6.45) is 3.40. The van der Waals surface area contributed by atoms with Gasteiger partial charge in [0, 0.05) is 11.3 Å². The van der Waals surface area contributed by atoms with Gasteiger partial charge in [-0.25, -0.2) is 4.68 Å². The van der Waals surface area contributed by atoms with E-state index in [0.717, 1.165) is 43.9 Å². The summed E-state index contributed by atoms with van der Waals surface area (Å²) in [6.45, 7) is 2.17. The normalized spacial score (nSPS) is 22.0. The second-order valence-corrected chi connectivity index (χ2v) is 5.64. The van der Waals surface area contributed by atoms with E-state index in [-0.39, 0.29) is 0 Å². The van der Waals surface area contributed by atoms with Gasteiger partial charge in [-0.05, 0) is 38.1 Å². The van der Waals surface area contributed by atoms with Crippen LogP contribution < -0.4 is 11.1 Å². The van der Waals surface area contributed by atoms with Crippen LogP contribution in [0.5, 0.6) is 0 Å². The Balaban J connectivity index is 1.91. The van der Waals surface area contributed by atoms with E-state index in [1.165, 1.54) is 17.0 Å². The second-order valence-electron chi connectivity index (χ2n) is 4.54. The lowest BCUT2D eigenvalue weighted by Gasteiger charge is -2.23. The molecular formula is C11H18N4S. The molecule has 88 valence electrons. The molecule has 1 aromatic rings. The van der Waals surface area contributed by atoms with Crippen LogP contribution in [0, 0.1) is 0 Å². The van der Waals surface area contributed by atoms with E-state index >= 15 is 0 Å². The number of anilines is 1. The van der Waals surface area contributed by atoms with E-state index in [4.69, 9.17) is 10.8 Å². The minimum atomic E-state index is 0.511. The molecular weight excluding hydrogens is 220 g/mol. The smallest absolute Gasteiger partial charge is 0.125 e. The molecule has 1 saturated heterocycles. The minimum Gasteiger partial charge on any atom is -0.384 e. The predicted molar refractivity (Wildman–Crippen MR) is 67.6 cm³/mol. The van der Waals surface area contributed by atoms with Gasteiger partial charge < -0.3 is 11.1 Å². The number of piperidine rings is 1. The van der Waals surface area contributed by atoms with Crippen molar-refractivity contribution < 1.29 is 0 Å². The van der Waals surface area contributed by atoms with Crippen molar-refractivity contribution in [1.29, 1.82) is 0 Å². The average molecular weight is 238 g/mol. The number of nitrogens with two attached hydrogens (primary N) is 1. The van der Waals surface area contributed by atoms with Crippen molar-refractivity contribution in [1.82, 2.24) is 15.1 Å². The lowest BCUT2D eigenvalue weighted by Crippen LogP contribution is -2.30. The van der Waals surface area contributed by atoms with Gasteiger partial charge in [-0.1, -0.05) is 0 Å². The quantitative estimate of drug-likeness (QED) is 0.771. The van der Waals surface area contributed by atoms with Crippen molar-refractivity contribution in [3.63, 3.8) is 0 Å². The molecule has 1 fully saturated rings. The first-order chi connectivity index (χ1) is 7.86. The van der Waals surface area contributed by atoms with Gasteiger partial charge in [0.15, 0.2) is 0 Å². The van der Waals surface area contributed by atoms with E-state index in [9.17, 15) is 0 Å². The molecule has 0 bridgehead atoms. The maximum Gasteiger partial charge on any atom is 0.125 e. The molecule has 0 radical (unpaired) electrons. The molecule has 3 heterocycles. The van der Waals surface area contributed by atoms with Crippen molar-refractivity contribution in [2.45, 2.75) is 31.1 Å². The molecule has 0 saturated carbocycles. The lowest BCUT2D eigenvalue weighted by molar-refractivity contribution is 0.346. The Hall–Kier alpha value is -0.680. The number of nitrogens with zero attached hydrogens (tertiary/aromatic N) is 2. The first-order valence-corrected chi connectivity index (χ1v) is 7.16. The predicted octanol–water partition coefficient (Wildman–Crippen LogP) is 1.18. The van der Waals surface area contributed by atoms with Gasteiger partial charge in [0.25, 0.3) is 0 Å². The van der Waals surface area contributed by atoms with Crippen LogP contribution in [0.4, 0.5) is 5.82 Å². The number of nitrogens with one attached hydrogen (secondary N) is 1. The summed E-state index contributed by atoms with van der Waals surface area (Å²) in [4.78, 5) is 0. The van der Waals surface area contributed by atoms with Gasteiger partial charge in [-0.3, -0.25) is 0 Å². The molecule has 4 nitrogen and oxygen atoms in total. The zero-order valence-corrected chi connectivity index (χ0v) is 10.2. The topological polar surface area (TPSA) is 55.9 Å². The van der Waals surface area contributed by atoms with Crippen LogP contribution in [0.1, 0.15) is 30.1 Å². The van der Waals surface area contributed by atoms with Crippen molar-refractivity contribution in [3.8, 4) is 0 Å². The van der Waals surface area contributed by atoms with E-state index < -0.39 is 0 Å². The Morgan fingerprint density at radius 2 is 2.19 bits per heavy atom. The minimum absolute atomic E-state index is 0.511. The van der Waals surface area contributed by atoms with Crippen molar-refractivity contribution in [2.75, 3.05) is 24.6 Å². The number of fused-ring (bicyclic) bond motifs is 1. The SMILES string of the molecule is Nc1c2c(nn1C1CCNCC1)CSCC2. The number of aromatic nitrogens is 2. The van der Waals surface area contributed by atoms with Crippen molar-refractivity contribution in [2.24, 2.45) is 0 Å². The molecule has 16 heavy (non-hydrogen) atoms. The Labute approximate surface area is 100.0 Å². The molecule has 0 unspecified atom stereocenters. The molecule has 0 atom stereocenters. The molecule has 2 aliphatic heterocycles. The number of hydrogen-bond acceptors (Lipinski definition) is 4. The van der Waals surface area contributed by atoms with E-state index in [1.807, 2.05) is 11.8 Å². The summed E-state index contributed by atoms with van der Waals surface area (Å²) in [6, 6.07) is 0.511. The Bertz CT molecular complexity index is 382. The van der Waals surface area contributed by atoms with Crippen LogP contribution in [0.3, 0.4) is 0 Å². The fourth-order valence-electron chi connectivity index (χ4n) is 2.59. The largest absolute Gasteiger partial charge is 0.384 e. The van der Waals surface area contributed by atoms with Crippen LogP contribution in [0.15, 0.2) is 0 Å². The Morgan fingerprint density at radius 1 is 1.38 bits per heavy atom. The van der Waals surface area contributed by atoms with Crippen LogP contribution in [-0.2, 0) is 12.2 Å². The van der Waals surface area contributed by atoms with Crippen molar-refractivity contribution in [3.05, 3.63) is 11.3 Å². The first kappa shape index (κ1) is 10.5. The molecule has 0 spiro atoms. The zero-order valence-electron chi connectivity index (χ0n) is 9.41. The molecule has 2 aliphatic rings. The van der Waals surface area contributed by atoms with E-state index in [2.05, 4.69) is 10.00 Å². The van der Waals surface area contributed by atoms with E-state index in [0.29, 0.717) is 6.04 Å². The van der Waals surface area contributed by atoms with Gasteiger partial charge in [-0.2, -0.15) is 16.9 Å². The maximum absolute atomic E-state index is 6.23. The Kier molecular flexibility index (Phi) is 2.81. The van der Waals surface area contributed by atoms with Gasteiger partial charge in [0.1, 0.15) is 5.82 Å². The third-order valence-electron chi connectivity index (χ3n) is 3.52. The maximum atomic E-state index is 6.23. The number of rotatable bonds is 1. The van der Waals surface area contributed by atoms with Gasteiger partial charge in [0.2, 0.25) is 0 Å². The number of hydrogen-bond donors (Lipinski definition) is 2. The molecule has 1 aromatic heterocycles. The lowest BCUT2D eigenvalue weighted by atomic mass is 10.1. The van der Waals surface area contributed by atoms with Crippen molar-refractivity contribution >= 4 is 17.6 Å². The fourth-order valence-corrected chi connectivity index (χ4v) is 3.51. The molecule has 0 aliphatic carbocycles. The molecule has 5 heteroatoms. The third kappa shape index (κ3) is 1.72. The summed E-state index contributed by atoms with van der Waals surface area (Å²) in [5.74, 6) is 3.16. The van der Waals surface area contributed by atoms with E-state index in [1.54, 1.807) is 0 Å². The Morgan fingerprint density at radius 3 is 2.94 bits per heavy atom. The highest BCUT2D eigenvalue weighted by Crippen LogP contribution is 2.31. The van der Waals surface area contributed by atoms with Gasteiger partial charge >= 0.3 is 0 Å². The molecule has 0 aromatic carbocycles. The standard InChI is InChI=1S/C11H18N4S/c12-11-9-3-6-16-7-10(9)14-15(11)8-1-4-13-5-2-8/h8,13H,1-7,12H2. The van der Waals surface area contributed by atoms with Crippen LogP contribution in [0.2, 0.25) is 0 Å². The third-order valence-corrected chi connectivity index (χ3v) is 4.49. The highest BCUT2D eigenvalue weighted by molar-refractivity contribution is 7.98. The summed E-state index contributed by atoms with van der Waals surface area (Å²) < 4.78 is 2.09. The van der Waals surface area contributed by atoms with Crippen LogP contribution in [-0.4, -0.2) is 28.6 Å². The molecule has 0 amide bonds. The summed E-state index contributed by atoms with van der Waals surface area (Å²) in [5.41, 5.74) is 8.77. The summed E-state index contributed by atoms with van der Waals surface area (Å²) >= 11 is 1.96. The van der Waals surface area contributed by atoms with Gasteiger partial charge in [0.05, 0.1) is 11.7 Å². The first-order valence-electron chi connectivity index (χ1n) is 6.00. The van der Waals surface area contributed by atoms with Crippen LogP contribution in [0.25, 0.3) is 0 Å². The molecule has 3 N–H and O–H groups in total. The van der Waals surface area contributed by atoms with Crippen LogP contribution >= 0.6 is 11.8 Å². The van der Waals surface area contributed by atoms with Gasteiger partial charge in [-0.15, -0.1) is 0 Å². The highest BCUT2D eigenvalue weighted by Gasteiger charge is 2.24. The monoisotopic (exact) mass is 238 g/mol. The summed E-state index contributed by atoms with van der Waals surface area (Å²) in [5, 5.41) is 8.10.